The first-order valence-electron chi connectivity index (χ1n) is 9.78. The van der Waals surface area contributed by atoms with Crippen LogP contribution in [0.2, 0.25) is 5.02 Å². The maximum Gasteiger partial charge on any atom is 0.153 e. The minimum absolute atomic E-state index is 0.0844. The summed E-state index contributed by atoms with van der Waals surface area (Å²) in [5.41, 5.74) is 3.53. The molecule has 1 aromatic carbocycles. The number of piperidine rings is 1. The lowest BCUT2D eigenvalue weighted by Crippen LogP contribution is -2.27. The minimum atomic E-state index is 0.0844. The zero-order valence-corrected chi connectivity index (χ0v) is 17.4. The van der Waals surface area contributed by atoms with Crippen LogP contribution in [-0.4, -0.2) is 29.2 Å². The molecule has 0 aliphatic carbocycles. The van der Waals surface area contributed by atoms with Gasteiger partial charge in [-0.1, -0.05) is 18.5 Å². The molecular formula is C21H29ClN4O. The highest BCUT2D eigenvalue weighted by molar-refractivity contribution is 6.32. The fourth-order valence-corrected chi connectivity index (χ4v) is 3.65. The molecule has 0 saturated carbocycles. The van der Waals surface area contributed by atoms with E-state index in [-0.39, 0.29) is 6.10 Å². The number of hydrogen-bond acceptors (Lipinski definition) is 5. The first-order valence-corrected chi connectivity index (χ1v) is 10.2. The van der Waals surface area contributed by atoms with Crippen molar-refractivity contribution in [2.24, 2.45) is 0 Å². The number of benzene rings is 1. The highest BCUT2D eigenvalue weighted by atomic mass is 35.5. The number of nitrogens with zero attached hydrogens (tertiary/aromatic N) is 2. The van der Waals surface area contributed by atoms with Crippen LogP contribution in [0.25, 0.3) is 0 Å². The highest BCUT2D eigenvalue weighted by Gasteiger charge is 2.20. The molecule has 27 heavy (non-hydrogen) atoms. The maximum absolute atomic E-state index is 6.32. The molecule has 5 nitrogen and oxygen atoms in total. The van der Waals surface area contributed by atoms with Gasteiger partial charge in [0.25, 0.3) is 0 Å². The average Bonchev–Trinajstić information content (AvgIpc) is 2.66. The van der Waals surface area contributed by atoms with E-state index in [1.54, 1.807) is 6.20 Å². The van der Waals surface area contributed by atoms with Crippen molar-refractivity contribution in [2.75, 3.05) is 18.4 Å². The fraction of sp³-hybridized carbons (Fsp3) is 0.524. The Balaban J connectivity index is 1.97. The molecule has 6 heteroatoms. The summed E-state index contributed by atoms with van der Waals surface area (Å²) in [6.07, 6.45) is 4.81. The van der Waals surface area contributed by atoms with Gasteiger partial charge in [0.15, 0.2) is 5.82 Å². The van der Waals surface area contributed by atoms with Crippen molar-refractivity contribution in [1.29, 1.82) is 0 Å². The Bertz CT molecular complexity index is 788. The summed E-state index contributed by atoms with van der Waals surface area (Å²) in [6.45, 7) is 10.4. The summed E-state index contributed by atoms with van der Waals surface area (Å²) < 4.78 is 6.14. The molecule has 3 rings (SSSR count). The Labute approximate surface area is 166 Å². The number of anilines is 2. The van der Waals surface area contributed by atoms with Crippen LogP contribution in [0.4, 0.5) is 11.5 Å². The van der Waals surface area contributed by atoms with Crippen LogP contribution in [0.1, 0.15) is 56.5 Å². The predicted molar refractivity (Wildman–Crippen MR) is 111 cm³/mol. The van der Waals surface area contributed by atoms with Crippen molar-refractivity contribution in [3.05, 3.63) is 40.3 Å². The second kappa shape index (κ2) is 8.89. The molecule has 2 aromatic rings. The van der Waals surface area contributed by atoms with Crippen molar-refractivity contribution in [3.8, 4) is 5.75 Å². The van der Waals surface area contributed by atoms with E-state index in [0.29, 0.717) is 16.8 Å². The smallest absolute Gasteiger partial charge is 0.153 e. The second-order valence-corrected chi connectivity index (χ2v) is 7.76. The van der Waals surface area contributed by atoms with Crippen LogP contribution in [-0.2, 0) is 6.42 Å². The summed E-state index contributed by atoms with van der Waals surface area (Å²) in [4.78, 5) is 8.77. The monoisotopic (exact) mass is 388 g/mol. The molecule has 0 spiro atoms. The average molecular weight is 389 g/mol. The van der Waals surface area contributed by atoms with Gasteiger partial charge in [-0.15, -0.1) is 0 Å². The van der Waals surface area contributed by atoms with Crippen LogP contribution in [0.5, 0.6) is 5.75 Å². The first-order chi connectivity index (χ1) is 13.0. The number of hydrogen-bond donors (Lipinski definition) is 2. The molecule has 0 radical (unpaired) electrons. The molecule has 1 aromatic heterocycles. The molecule has 0 atom stereocenters. The van der Waals surface area contributed by atoms with Gasteiger partial charge in [-0.05, 0) is 75.9 Å². The largest absolute Gasteiger partial charge is 0.489 e. The molecule has 2 heterocycles. The molecule has 146 valence electrons. The van der Waals surface area contributed by atoms with E-state index in [1.165, 1.54) is 11.1 Å². The third kappa shape index (κ3) is 4.90. The topological polar surface area (TPSA) is 59.1 Å². The third-order valence-electron chi connectivity index (χ3n) is 4.87. The fourth-order valence-electron chi connectivity index (χ4n) is 3.51. The number of aryl methyl sites for hydroxylation is 2. The lowest BCUT2D eigenvalue weighted by atomic mass is 9.87. The van der Waals surface area contributed by atoms with E-state index < -0.39 is 0 Å². The van der Waals surface area contributed by atoms with Crippen LogP contribution >= 0.6 is 11.6 Å². The Morgan fingerprint density at radius 2 is 2.04 bits per heavy atom. The van der Waals surface area contributed by atoms with Gasteiger partial charge in [-0.2, -0.15) is 0 Å². The zero-order chi connectivity index (χ0) is 19.4. The molecule has 1 saturated heterocycles. The highest BCUT2D eigenvalue weighted by Crippen LogP contribution is 2.37. The molecule has 2 N–H and O–H groups in total. The van der Waals surface area contributed by atoms with Gasteiger partial charge in [0.2, 0.25) is 0 Å². The molecule has 0 bridgehead atoms. The van der Waals surface area contributed by atoms with Gasteiger partial charge in [0.05, 0.1) is 18.0 Å². The van der Waals surface area contributed by atoms with Gasteiger partial charge in [0.1, 0.15) is 16.6 Å². The predicted octanol–water partition coefficient (Wildman–Crippen LogP) is 5.00. The third-order valence-corrected chi connectivity index (χ3v) is 5.15. The summed E-state index contributed by atoms with van der Waals surface area (Å²) >= 11 is 6.32. The normalized spacial score (nSPS) is 15.2. The summed E-state index contributed by atoms with van der Waals surface area (Å²) in [5, 5.41) is 7.31. The molecule has 1 aliphatic rings. The van der Waals surface area contributed by atoms with Crippen molar-refractivity contribution >= 4 is 23.1 Å². The van der Waals surface area contributed by atoms with E-state index in [1.807, 2.05) is 20.8 Å². The van der Waals surface area contributed by atoms with Crippen molar-refractivity contribution in [3.63, 3.8) is 0 Å². The Morgan fingerprint density at radius 3 is 2.70 bits per heavy atom. The second-order valence-electron chi connectivity index (χ2n) is 7.36. The zero-order valence-electron chi connectivity index (χ0n) is 16.6. The summed E-state index contributed by atoms with van der Waals surface area (Å²) in [6, 6.07) is 4.35. The lowest BCUT2D eigenvalue weighted by molar-refractivity contribution is 0.243. The number of halogens is 1. The molecule has 0 unspecified atom stereocenters. The van der Waals surface area contributed by atoms with Gasteiger partial charge in [-0.3, -0.25) is 0 Å². The van der Waals surface area contributed by atoms with Crippen LogP contribution in [0.15, 0.2) is 18.3 Å². The quantitative estimate of drug-likeness (QED) is 0.729. The van der Waals surface area contributed by atoms with E-state index in [2.05, 4.69) is 39.7 Å². The van der Waals surface area contributed by atoms with Crippen LogP contribution in [0.3, 0.4) is 0 Å². The van der Waals surface area contributed by atoms with Gasteiger partial charge in [0, 0.05) is 6.42 Å². The minimum Gasteiger partial charge on any atom is -0.489 e. The molecule has 1 fully saturated rings. The Morgan fingerprint density at radius 1 is 1.30 bits per heavy atom. The summed E-state index contributed by atoms with van der Waals surface area (Å²) in [5.74, 6) is 2.79. The standard InChI is InChI=1S/C21H29ClN4O/c1-5-20-24-12-17(22)21(26-20)25-18-10-14(4)16(11-19(18)27-13(2)3)15-6-8-23-9-7-15/h10-13,15,23H,5-9H2,1-4H3,(H,24,25,26). The van der Waals surface area contributed by atoms with Crippen molar-refractivity contribution < 1.29 is 4.74 Å². The Hall–Kier alpha value is -1.85. The van der Waals surface area contributed by atoms with Gasteiger partial charge >= 0.3 is 0 Å². The van der Waals surface area contributed by atoms with Gasteiger partial charge < -0.3 is 15.4 Å². The van der Waals surface area contributed by atoms with Gasteiger partial charge in [-0.25, -0.2) is 9.97 Å². The summed E-state index contributed by atoms with van der Waals surface area (Å²) in [7, 11) is 0. The maximum atomic E-state index is 6.32. The van der Waals surface area contributed by atoms with E-state index in [9.17, 15) is 0 Å². The van der Waals surface area contributed by atoms with E-state index >= 15 is 0 Å². The van der Waals surface area contributed by atoms with Crippen LogP contribution in [0, 0.1) is 6.92 Å². The number of ether oxygens (including phenoxy) is 1. The molecule has 1 aliphatic heterocycles. The van der Waals surface area contributed by atoms with Crippen molar-refractivity contribution in [2.45, 2.75) is 59.0 Å². The number of nitrogens with one attached hydrogen (secondary N) is 2. The van der Waals surface area contributed by atoms with Crippen LogP contribution < -0.4 is 15.4 Å². The first kappa shape index (κ1) is 19.9. The SMILES string of the molecule is CCc1ncc(Cl)c(Nc2cc(C)c(C3CCNCC3)cc2OC(C)C)n1. The van der Waals surface area contributed by atoms with Crippen molar-refractivity contribution in [1.82, 2.24) is 15.3 Å². The molecule has 0 amide bonds. The lowest BCUT2D eigenvalue weighted by Gasteiger charge is -2.26. The molecular weight excluding hydrogens is 360 g/mol. The Kier molecular flexibility index (Phi) is 6.55. The van der Waals surface area contributed by atoms with E-state index in [0.717, 1.165) is 49.6 Å². The van der Waals surface area contributed by atoms with E-state index in [4.69, 9.17) is 16.3 Å². The number of aromatic nitrogens is 2. The number of rotatable bonds is 6.